The molecule has 2 aliphatic heterocycles. The molecule has 552 valence electrons. The van der Waals surface area contributed by atoms with Gasteiger partial charge >= 0.3 is 36.6 Å². The van der Waals surface area contributed by atoms with Crippen LogP contribution in [0, 0.1) is 11.8 Å². The van der Waals surface area contributed by atoms with Crippen molar-refractivity contribution in [3.8, 4) is 46.0 Å². The van der Waals surface area contributed by atoms with Crippen LogP contribution in [0.4, 0.5) is 52.7 Å². The lowest BCUT2D eigenvalue weighted by atomic mass is 9.80. The molecule has 2 N–H and O–H groups in total. The third-order valence-corrected chi connectivity index (χ3v) is 17.2. The van der Waals surface area contributed by atoms with E-state index in [-0.39, 0.29) is 12.8 Å². The highest BCUT2D eigenvalue weighted by molar-refractivity contribution is 6.45. The van der Waals surface area contributed by atoms with E-state index in [1.807, 2.05) is 0 Å². The summed E-state index contributed by atoms with van der Waals surface area (Å²) in [6.07, 6.45) is -21.2. The van der Waals surface area contributed by atoms with Crippen molar-refractivity contribution in [1.29, 1.82) is 0 Å². The van der Waals surface area contributed by atoms with Crippen molar-refractivity contribution in [2.45, 2.75) is 77.3 Å². The van der Waals surface area contributed by atoms with E-state index in [1.54, 1.807) is 27.7 Å². The second kappa shape index (κ2) is 29.1. The van der Waals surface area contributed by atoms with Gasteiger partial charge in [-0.15, -0.1) is 0 Å². The van der Waals surface area contributed by atoms with Crippen LogP contribution in [-0.2, 0) is 53.4 Å². The van der Waals surface area contributed by atoms with E-state index in [1.165, 1.54) is 0 Å². The number of halogens is 14. The van der Waals surface area contributed by atoms with E-state index in [9.17, 15) is 71.9 Å². The standard InChI is InChI=1S/C74H54Cl2F12N4O14/c1-33(2)23-49(63(93)89-19-21-101-69(99)35(5)75)91-65(95)45-29-51(103-41-15-7-11-37(25-41)71(77,78)79)57-59-53(105-43-17-9-13-39(27-43)73(83,84)85)31-47-56-48(68(98)92(67(47)97)50(24-34(3)4)64(94)90-20-22-102-70(100)36(6)76)32-54(106-44-18-10-14-40(28-44)74(86,87)88)60(62(56)59)58-52(30-46(66(91)96)55(45)61(57)58)104-42-16-8-12-38(26-42)72(80,81)82/h7-18,25-34,49-50H,5-6,19-24H2,1-4H3,(H,89,93)(H,90,94). The lowest BCUT2D eigenvalue weighted by molar-refractivity contribution is -0.139. The summed E-state index contributed by atoms with van der Waals surface area (Å²) < 4.78 is 214. The Bertz CT molecular complexity index is 4610. The summed E-state index contributed by atoms with van der Waals surface area (Å²) in [5.74, 6) is -16.8. The highest BCUT2D eigenvalue weighted by Gasteiger charge is 2.47. The predicted octanol–water partition coefficient (Wildman–Crippen LogP) is 17.8. The average molecular weight is 1520 g/mol. The van der Waals surface area contributed by atoms with Gasteiger partial charge in [0, 0.05) is 43.1 Å². The monoisotopic (exact) mass is 1520 g/mol. The minimum absolute atomic E-state index is 0.357. The molecule has 0 spiro atoms. The zero-order chi connectivity index (χ0) is 77.1. The summed E-state index contributed by atoms with van der Waals surface area (Å²) in [7, 11) is 0. The number of hydrogen-bond acceptors (Lipinski definition) is 14. The zero-order valence-corrected chi connectivity index (χ0v) is 56.9. The van der Waals surface area contributed by atoms with Crippen molar-refractivity contribution in [3.05, 3.63) is 189 Å². The van der Waals surface area contributed by atoms with Crippen LogP contribution < -0.4 is 29.6 Å². The Morgan fingerprint density at radius 1 is 0.396 bits per heavy atom. The van der Waals surface area contributed by atoms with Gasteiger partial charge in [-0.25, -0.2) is 9.59 Å². The van der Waals surface area contributed by atoms with Crippen LogP contribution in [0.15, 0.2) is 145 Å². The van der Waals surface area contributed by atoms with Crippen LogP contribution in [0.1, 0.15) is 104 Å². The fraction of sp³-hybridized carbons (Fsp3) is 0.243. The van der Waals surface area contributed by atoms with Crippen LogP contribution in [-0.4, -0.2) is 95.6 Å². The number of alkyl halides is 12. The van der Waals surface area contributed by atoms with Gasteiger partial charge in [-0.05, 0) is 122 Å². The minimum Gasteiger partial charge on any atom is -0.460 e. The molecule has 0 aromatic heterocycles. The lowest BCUT2D eigenvalue weighted by Gasteiger charge is -2.36. The largest absolute Gasteiger partial charge is 0.460 e. The molecular formula is C74H54Cl2F12N4O14. The maximum atomic E-state index is 16.0. The van der Waals surface area contributed by atoms with Crippen molar-refractivity contribution in [2.75, 3.05) is 26.3 Å². The van der Waals surface area contributed by atoms with Gasteiger partial charge in [-0.2, -0.15) is 52.7 Å². The number of hydrogen-bond donors (Lipinski definition) is 2. The Morgan fingerprint density at radius 3 is 0.858 bits per heavy atom. The summed E-state index contributed by atoms with van der Waals surface area (Å²) in [5, 5.41) is -0.590. The summed E-state index contributed by atoms with van der Waals surface area (Å²) >= 11 is 11.3. The molecule has 0 saturated heterocycles. The molecule has 9 aromatic rings. The second-order valence-electron chi connectivity index (χ2n) is 25.1. The van der Waals surface area contributed by atoms with Crippen LogP contribution in [0.5, 0.6) is 46.0 Å². The maximum Gasteiger partial charge on any atom is 0.416 e. The van der Waals surface area contributed by atoms with Gasteiger partial charge in [0.1, 0.15) is 81.4 Å². The fourth-order valence-corrected chi connectivity index (χ4v) is 12.6. The molecule has 32 heteroatoms. The molecular weight excluding hydrogens is 1470 g/mol. The van der Waals surface area contributed by atoms with Gasteiger partial charge in [0.2, 0.25) is 11.8 Å². The van der Waals surface area contributed by atoms with Crippen molar-refractivity contribution in [2.24, 2.45) is 11.8 Å². The Morgan fingerprint density at radius 2 is 0.642 bits per heavy atom. The van der Waals surface area contributed by atoms with Gasteiger partial charge in [-0.1, -0.05) is 88.3 Å². The van der Waals surface area contributed by atoms with Gasteiger partial charge in [0.05, 0.1) is 57.6 Å². The molecule has 6 amide bonds. The predicted molar refractivity (Wildman–Crippen MR) is 359 cm³/mol. The molecule has 18 nitrogen and oxygen atoms in total. The molecule has 2 heterocycles. The van der Waals surface area contributed by atoms with Gasteiger partial charge in [0.25, 0.3) is 23.6 Å². The molecule has 2 unspecified atom stereocenters. The smallest absolute Gasteiger partial charge is 0.416 e. The SMILES string of the molecule is C=C(Cl)C(=O)OCCNC(=O)C(CC(C)C)N1C(=O)c2cc(Oc3cccc(C(F)(F)F)c3)c3c4c(Oc5cccc(C(F)(F)F)c5)cc5c6c(cc(Oc7cccc(C(F)(F)F)c7)c(c7c(Oc8cccc(C(F)(F)F)c8)cc(c2c37)C1=O)c64)C(=O)N(C(CC(C)C)C(=O)NCCOC(=O)C(=C)Cl)C5=O. The first-order valence-corrected chi connectivity index (χ1v) is 32.6. The van der Waals surface area contributed by atoms with Crippen LogP contribution in [0.3, 0.4) is 0 Å². The molecule has 9 aromatic carbocycles. The normalized spacial score (nSPS) is 14.0. The minimum atomic E-state index is -5.12. The number of carbonyl (C=O) groups is 8. The maximum absolute atomic E-state index is 16.0. The molecule has 2 atom stereocenters. The van der Waals surface area contributed by atoms with Gasteiger partial charge < -0.3 is 39.1 Å². The van der Waals surface area contributed by atoms with E-state index in [2.05, 4.69) is 23.8 Å². The molecule has 0 saturated carbocycles. The average Bonchev–Trinajstić information content (AvgIpc) is 0.670. The summed E-state index contributed by atoms with van der Waals surface area (Å²) in [6, 6.07) is 12.1. The molecule has 0 aliphatic carbocycles. The second-order valence-corrected chi connectivity index (χ2v) is 26.0. The molecule has 2 aliphatic rings. The Labute approximate surface area is 601 Å². The van der Waals surface area contributed by atoms with E-state index >= 15 is 19.2 Å². The number of imide groups is 2. The number of esters is 2. The Balaban J connectivity index is 1.33. The van der Waals surface area contributed by atoms with Crippen LogP contribution in [0.2, 0.25) is 0 Å². The summed E-state index contributed by atoms with van der Waals surface area (Å²) in [5.41, 5.74) is -8.04. The number of nitrogens with zero attached hydrogens (tertiary/aromatic N) is 2. The quantitative estimate of drug-likeness (QED) is 0.0109. The zero-order valence-electron chi connectivity index (χ0n) is 55.4. The third-order valence-electron chi connectivity index (χ3n) is 16.8. The Kier molecular flexibility index (Phi) is 20.8. The van der Waals surface area contributed by atoms with E-state index in [0.29, 0.717) is 58.3 Å². The van der Waals surface area contributed by atoms with E-state index in [0.717, 1.165) is 72.8 Å². The fourth-order valence-electron chi connectivity index (χ4n) is 12.5. The highest BCUT2D eigenvalue weighted by Crippen LogP contribution is 2.59. The first kappa shape index (κ1) is 76.0. The van der Waals surface area contributed by atoms with Crippen molar-refractivity contribution in [3.63, 3.8) is 0 Å². The number of fused-ring (bicyclic) bond motifs is 2. The van der Waals surface area contributed by atoms with E-state index < -0.39 is 266 Å². The molecule has 0 radical (unpaired) electrons. The number of ether oxygens (including phenoxy) is 6. The molecule has 11 rings (SSSR count). The topological polar surface area (TPSA) is 222 Å². The lowest BCUT2D eigenvalue weighted by Crippen LogP contribution is -2.54. The Hall–Kier alpha value is -11.1. The highest BCUT2D eigenvalue weighted by atomic mass is 35.5. The first-order chi connectivity index (χ1) is 49.7. The number of carbonyl (C=O) groups excluding carboxylic acids is 8. The summed E-state index contributed by atoms with van der Waals surface area (Å²) in [4.78, 5) is 119. The van der Waals surface area contributed by atoms with Gasteiger partial charge in [0.15, 0.2) is 0 Å². The van der Waals surface area contributed by atoms with E-state index in [4.69, 9.17) is 51.6 Å². The number of nitrogens with one attached hydrogen (secondary N) is 2. The van der Waals surface area contributed by atoms with Crippen LogP contribution in [0.25, 0.3) is 43.1 Å². The molecule has 0 fully saturated rings. The van der Waals surface area contributed by atoms with Crippen molar-refractivity contribution < 1.29 is 119 Å². The number of rotatable bonds is 24. The van der Waals surface area contributed by atoms with Crippen molar-refractivity contribution in [1.82, 2.24) is 20.4 Å². The first-order valence-electron chi connectivity index (χ1n) is 31.8. The molecule has 0 bridgehead atoms. The van der Waals surface area contributed by atoms with Gasteiger partial charge in [-0.3, -0.25) is 38.6 Å². The third kappa shape index (κ3) is 15.2. The number of benzene rings is 9. The number of amides is 6. The molecule has 106 heavy (non-hydrogen) atoms. The summed E-state index contributed by atoms with van der Waals surface area (Å²) in [6.45, 7) is 10.8. The van der Waals surface area contributed by atoms with Crippen molar-refractivity contribution >= 4 is 114 Å². The van der Waals surface area contributed by atoms with Crippen LogP contribution >= 0.6 is 23.2 Å².